The van der Waals surface area contributed by atoms with Crippen molar-refractivity contribution < 1.29 is 9.18 Å². The molecule has 1 saturated carbocycles. The van der Waals surface area contributed by atoms with Crippen molar-refractivity contribution in [3.63, 3.8) is 0 Å². The maximum absolute atomic E-state index is 13.1. The highest BCUT2D eigenvalue weighted by Crippen LogP contribution is 2.25. The topological polar surface area (TPSA) is 72.9 Å². The van der Waals surface area contributed by atoms with Crippen LogP contribution in [0.5, 0.6) is 0 Å². The molecule has 0 spiro atoms. The zero-order valence-electron chi connectivity index (χ0n) is 13.8. The molecule has 1 heterocycles. The number of carbonyl (C=O) groups is 1. The van der Waals surface area contributed by atoms with E-state index in [-0.39, 0.29) is 17.8 Å². The Morgan fingerprint density at radius 3 is 2.79 bits per heavy atom. The molecule has 24 heavy (non-hydrogen) atoms. The van der Waals surface area contributed by atoms with Crippen LogP contribution in [0.2, 0.25) is 0 Å². The molecule has 0 saturated heterocycles. The van der Waals surface area contributed by atoms with Crippen LogP contribution in [0.25, 0.3) is 5.69 Å². The second-order valence-corrected chi connectivity index (χ2v) is 6.25. The number of hydrogen-bond donors (Lipinski definition) is 2. The van der Waals surface area contributed by atoms with Gasteiger partial charge in [-0.25, -0.2) is 9.07 Å². The van der Waals surface area contributed by atoms with E-state index in [0.29, 0.717) is 24.4 Å². The van der Waals surface area contributed by atoms with Crippen molar-refractivity contribution in [2.75, 3.05) is 6.54 Å². The number of carbonyl (C=O) groups excluding carboxylic acids is 1. The summed E-state index contributed by atoms with van der Waals surface area (Å²) in [5, 5.41) is 7.44. The standard InChI is InChI=1S/C18H23FN4O/c1-2-17-15(18(24)22-16-5-3-4-12(16)10-20)11-21-23(17)14-8-6-13(19)7-9-14/h6-9,11-12,16H,2-5,10,20H2,1H3,(H,22,24). The Balaban J connectivity index is 1.83. The van der Waals surface area contributed by atoms with E-state index in [1.54, 1.807) is 23.0 Å². The third-order valence-corrected chi connectivity index (χ3v) is 4.80. The molecular weight excluding hydrogens is 307 g/mol. The van der Waals surface area contributed by atoms with E-state index in [9.17, 15) is 9.18 Å². The van der Waals surface area contributed by atoms with E-state index in [0.717, 1.165) is 30.6 Å². The molecule has 1 aliphatic carbocycles. The van der Waals surface area contributed by atoms with Gasteiger partial charge in [-0.3, -0.25) is 4.79 Å². The van der Waals surface area contributed by atoms with Gasteiger partial charge in [0.15, 0.2) is 0 Å². The maximum atomic E-state index is 13.1. The fraction of sp³-hybridized carbons (Fsp3) is 0.444. The van der Waals surface area contributed by atoms with Gasteiger partial charge in [0, 0.05) is 6.04 Å². The van der Waals surface area contributed by atoms with Crippen molar-refractivity contribution in [1.29, 1.82) is 0 Å². The second-order valence-electron chi connectivity index (χ2n) is 6.25. The normalized spacial score (nSPS) is 20.3. The van der Waals surface area contributed by atoms with Gasteiger partial charge in [-0.1, -0.05) is 13.3 Å². The quantitative estimate of drug-likeness (QED) is 0.884. The van der Waals surface area contributed by atoms with Crippen LogP contribution in [0.4, 0.5) is 4.39 Å². The second kappa shape index (κ2) is 7.13. The number of halogens is 1. The van der Waals surface area contributed by atoms with E-state index in [4.69, 9.17) is 5.73 Å². The monoisotopic (exact) mass is 330 g/mol. The Morgan fingerprint density at radius 2 is 2.12 bits per heavy atom. The largest absolute Gasteiger partial charge is 0.349 e. The molecular formula is C18H23FN4O. The van der Waals surface area contributed by atoms with Crippen molar-refractivity contribution in [2.24, 2.45) is 11.7 Å². The highest BCUT2D eigenvalue weighted by atomic mass is 19.1. The Kier molecular flexibility index (Phi) is 4.94. The molecule has 3 rings (SSSR count). The minimum Gasteiger partial charge on any atom is -0.349 e. The van der Waals surface area contributed by atoms with E-state index in [1.165, 1.54) is 12.1 Å². The lowest BCUT2D eigenvalue weighted by Gasteiger charge is -2.19. The van der Waals surface area contributed by atoms with Crippen molar-refractivity contribution in [1.82, 2.24) is 15.1 Å². The highest BCUT2D eigenvalue weighted by Gasteiger charge is 2.28. The summed E-state index contributed by atoms with van der Waals surface area (Å²) in [6.07, 6.45) is 5.38. The summed E-state index contributed by atoms with van der Waals surface area (Å²) in [6.45, 7) is 2.58. The van der Waals surface area contributed by atoms with Gasteiger partial charge in [-0.05, 0) is 56.0 Å². The molecule has 3 N–H and O–H groups in total. The fourth-order valence-electron chi connectivity index (χ4n) is 3.46. The summed E-state index contributed by atoms with van der Waals surface area (Å²) in [5.41, 5.74) is 7.93. The number of hydrogen-bond acceptors (Lipinski definition) is 3. The van der Waals surface area contributed by atoms with E-state index >= 15 is 0 Å². The molecule has 0 bridgehead atoms. The molecule has 2 atom stereocenters. The summed E-state index contributed by atoms with van der Waals surface area (Å²) >= 11 is 0. The first-order valence-corrected chi connectivity index (χ1v) is 8.47. The lowest BCUT2D eigenvalue weighted by atomic mass is 10.0. The lowest BCUT2D eigenvalue weighted by molar-refractivity contribution is 0.0928. The van der Waals surface area contributed by atoms with Crippen molar-refractivity contribution in [3.8, 4) is 5.69 Å². The van der Waals surface area contributed by atoms with Crippen LogP contribution in [0.1, 0.15) is 42.2 Å². The molecule has 5 nitrogen and oxygen atoms in total. The number of nitrogens with two attached hydrogens (primary N) is 1. The van der Waals surface area contributed by atoms with Gasteiger partial charge in [0.2, 0.25) is 0 Å². The van der Waals surface area contributed by atoms with Crippen LogP contribution in [0, 0.1) is 11.7 Å². The highest BCUT2D eigenvalue weighted by molar-refractivity contribution is 5.95. The zero-order chi connectivity index (χ0) is 17.1. The first-order valence-electron chi connectivity index (χ1n) is 8.47. The van der Waals surface area contributed by atoms with E-state index in [1.807, 2.05) is 6.92 Å². The van der Waals surface area contributed by atoms with Crippen molar-refractivity contribution in [3.05, 3.63) is 47.5 Å². The minimum absolute atomic E-state index is 0.106. The van der Waals surface area contributed by atoms with Gasteiger partial charge < -0.3 is 11.1 Å². The Labute approximate surface area is 141 Å². The molecule has 6 heteroatoms. The summed E-state index contributed by atoms with van der Waals surface area (Å²) in [7, 11) is 0. The van der Waals surface area contributed by atoms with E-state index < -0.39 is 0 Å². The smallest absolute Gasteiger partial charge is 0.255 e. The number of aromatic nitrogens is 2. The van der Waals surface area contributed by atoms with Gasteiger partial charge in [0.1, 0.15) is 5.82 Å². The third-order valence-electron chi connectivity index (χ3n) is 4.80. The van der Waals surface area contributed by atoms with Crippen molar-refractivity contribution >= 4 is 5.91 Å². The Morgan fingerprint density at radius 1 is 1.38 bits per heavy atom. The minimum atomic E-state index is -0.295. The summed E-state index contributed by atoms with van der Waals surface area (Å²) in [5.74, 6) is -0.0484. The van der Waals surface area contributed by atoms with Gasteiger partial charge in [-0.2, -0.15) is 5.10 Å². The molecule has 128 valence electrons. The molecule has 1 aromatic heterocycles. The first kappa shape index (κ1) is 16.6. The fourth-order valence-corrected chi connectivity index (χ4v) is 3.46. The van der Waals surface area contributed by atoms with E-state index in [2.05, 4.69) is 10.4 Å². The first-order chi connectivity index (χ1) is 11.6. The molecule has 0 radical (unpaired) electrons. The number of benzene rings is 1. The Bertz CT molecular complexity index is 710. The van der Waals surface area contributed by atoms with Crippen LogP contribution in [0.3, 0.4) is 0 Å². The SMILES string of the molecule is CCc1c(C(=O)NC2CCCC2CN)cnn1-c1ccc(F)cc1. The van der Waals surface area contributed by atoms with Crippen LogP contribution in [0.15, 0.2) is 30.5 Å². The number of nitrogens with zero attached hydrogens (tertiary/aromatic N) is 2. The molecule has 1 aliphatic rings. The summed E-state index contributed by atoms with van der Waals surface area (Å²) < 4.78 is 14.8. The predicted molar refractivity (Wildman–Crippen MR) is 90.5 cm³/mol. The average Bonchev–Trinajstić information content (AvgIpc) is 3.21. The van der Waals surface area contributed by atoms with Gasteiger partial charge in [-0.15, -0.1) is 0 Å². The third kappa shape index (κ3) is 3.19. The molecule has 0 aliphatic heterocycles. The summed E-state index contributed by atoms with van der Waals surface area (Å²) in [6, 6.07) is 6.23. The molecule has 2 aromatic rings. The van der Waals surface area contributed by atoms with Crippen LogP contribution >= 0.6 is 0 Å². The summed E-state index contributed by atoms with van der Waals surface area (Å²) in [4.78, 5) is 12.7. The van der Waals surface area contributed by atoms with Gasteiger partial charge in [0.25, 0.3) is 5.91 Å². The number of amides is 1. The lowest BCUT2D eigenvalue weighted by Crippen LogP contribution is -2.40. The van der Waals surface area contributed by atoms with Crippen molar-refractivity contribution in [2.45, 2.75) is 38.6 Å². The van der Waals surface area contributed by atoms with Gasteiger partial charge >= 0.3 is 0 Å². The number of rotatable bonds is 5. The molecule has 1 fully saturated rings. The van der Waals surface area contributed by atoms with Crippen LogP contribution in [-0.4, -0.2) is 28.3 Å². The molecule has 2 unspecified atom stereocenters. The average molecular weight is 330 g/mol. The predicted octanol–water partition coefficient (Wildman–Crippen LogP) is 2.43. The molecule has 1 amide bonds. The maximum Gasteiger partial charge on any atom is 0.255 e. The number of nitrogens with one attached hydrogen (secondary N) is 1. The van der Waals surface area contributed by atoms with Gasteiger partial charge in [0.05, 0.1) is 23.1 Å². The molecule has 1 aromatic carbocycles. The zero-order valence-corrected chi connectivity index (χ0v) is 13.8. The van der Waals surface area contributed by atoms with Crippen LogP contribution < -0.4 is 11.1 Å². The Hall–Kier alpha value is -2.21. The van der Waals surface area contributed by atoms with Crippen LogP contribution in [-0.2, 0) is 6.42 Å².